The third-order valence-corrected chi connectivity index (χ3v) is 8.09. The largest absolute Gasteiger partial charge is 0.508 e. The van der Waals surface area contributed by atoms with Crippen molar-refractivity contribution in [3.63, 3.8) is 0 Å². The van der Waals surface area contributed by atoms with Crippen LogP contribution in [0, 0.1) is 10.8 Å². The quantitative estimate of drug-likeness (QED) is 0.00839. The first-order chi connectivity index (χ1) is 35.1. The van der Waals surface area contributed by atoms with E-state index in [1.807, 2.05) is 13.8 Å². The van der Waals surface area contributed by atoms with Crippen molar-refractivity contribution >= 4 is 60.0 Å². The predicted molar refractivity (Wildman–Crippen MR) is 245 cm³/mol. The third kappa shape index (κ3) is 44.8. The SMILES string of the molecule is CCCOCCOC(=O)OCC(C)(COC(=O)[C@@H](C)O)C(=O)OCCCC[NH+]=C(N)N.CCCOCCOC(=O)OCC(C)(COC(=O)[C@H](C)O)C(=O)OCCCC[NH+]=C(N)N.O=C(O)C(F)(F)F.O=C(O)C(F)(F)F. The van der Waals surface area contributed by atoms with Gasteiger partial charge in [0, 0.05) is 13.2 Å². The third-order valence-electron chi connectivity index (χ3n) is 8.09. The van der Waals surface area contributed by atoms with E-state index in [-0.39, 0.29) is 51.6 Å². The van der Waals surface area contributed by atoms with Crippen LogP contribution in [0.1, 0.15) is 80.1 Å². The molecule has 0 amide bonds. The van der Waals surface area contributed by atoms with E-state index in [2.05, 4.69) is 9.98 Å². The number of ether oxygens (including phenoxy) is 10. The Morgan fingerprint density at radius 3 is 1.00 bits per heavy atom. The molecule has 0 bridgehead atoms. The van der Waals surface area contributed by atoms with Crippen LogP contribution in [-0.2, 0) is 76.1 Å². The second-order valence-electron chi connectivity index (χ2n) is 15.7. The lowest BCUT2D eigenvalue weighted by atomic mass is 9.93. The number of guanidine groups is 2. The standard InChI is InChI=1S/2C19H35N3O9.2C2HF3O2/c2*1-4-8-27-10-11-29-18(26)31-13-19(3,12-30-15(24)14(2)23)16(25)28-9-6-5-7-22-17(20)21;2*3-2(4,5)1(6)7/h2*14,23H,4-13H2,1-3H3,(H4,20,21,22);2*(H,6,7)/p+2/t2*14-,19?;;/m10../s1. The molecule has 0 aromatic heterocycles. The molecule has 2 unspecified atom stereocenters. The highest BCUT2D eigenvalue weighted by Crippen LogP contribution is 2.23. The summed E-state index contributed by atoms with van der Waals surface area (Å²) in [7, 11) is 0. The highest BCUT2D eigenvalue weighted by atomic mass is 19.4. The molecule has 4 atom stereocenters. The van der Waals surface area contributed by atoms with E-state index in [0.29, 0.717) is 52.0 Å². The topological polar surface area (TPSA) is 442 Å². The highest BCUT2D eigenvalue weighted by Gasteiger charge is 2.41. The maximum Gasteiger partial charge on any atom is 0.508 e. The van der Waals surface area contributed by atoms with Gasteiger partial charge in [0.05, 0.1) is 39.5 Å². The average molecular weight is 1130 g/mol. The van der Waals surface area contributed by atoms with Crippen molar-refractivity contribution in [3.05, 3.63) is 0 Å². The number of carboxylic acids is 2. The molecule has 444 valence electrons. The van der Waals surface area contributed by atoms with Gasteiger partial charge in [-0.1, -0.05) is 13.8 Å². The van der Waals surface area contributed by atoms with Gasteiger partial charge < -0.3 is 67.8 Å². The molecule has 34 heteroatoms. The smallest absolute Gasteiger partial charge is 0.475 e. The lowest BCUT2D eigenvalue weighted by Crippen LogP contribution is -2.78. The van der Waals surface area contributed by atoms with Crippen molar-refractivity contribution in [1.29, 1.82) is 0 Å². The number of aliphatic carboxylic acids is 2. The molecule has 0 aliphatic heterocycles. The molecular weight excluding hydrogens is 1050 g/mol. The molecule has 0 aliphatic rings. The van der Waals surface area contributed by atoms with Crippen molar-refractivity contribution < 1.29 is 142 Å². The summed E-state index contributed by atoms with van der Waals surface area (Å²) in [6.07, 6.45) is -10.9. The second-order valence-corrected chi connectivity index (χ2v) is 15.7. The number of rotatable bonds is 32. The number of carboxylic acid groups (broad SMARTS) is 2. The summed E-state index contributed by atoms with van der Waals surface area (Å²) in [6.45, 7) is 10.1. The molecule has 0 rings (SSSR count). The summed E-state index contributed by atoms with van der Waals surface area (Å²) >= 11 is 0. The van der Waals surface area contributed by atoms with Crippen LogP contribution in [0.5, 0.6) is 0 Å². The number of aliphatic hydroxyl groups is 2. The minimum Gasteiger partial charge on any atom is -0.475 e. The van der Waals surface area contributed by atoms with Crippen LogP contribution in [0.2, 0.25) is 0 Å². The fraction of sp³-hybridized carbons (Fsp3) is 0.762. The van der Waals surface area contributed by atoms with Gasteiger partial charge in [0.2, 0.25) is 0 Å². The number of alkyl halides is 6. The van der Waals surface area contributed by atoms with Crippen LogP contribution in [0.15, 0.2) is 0 Å². The molecule has 0 fully saturated rings. The number of nitrogens with one attached hydrogen (secondary N) is 2. The van der Waals surface area contributed by atoms with E-state index in [1.54, 1.807) is 0 Å². The fourth-order valence-corrected chi connectivity index (χ4v) is 4.00. The molecular formula is C42H74F6N6O22+2. The summed E-state index contributed by atoms with van der Waals surface area (Å²) in [5, 5.41) is 32.8. The zero-order chi connectivity index (χ0) is 59.6. The van der Waals surface area contributed by atoms with Crippen LogP contribution in [0.3, 0.4) is 0 Å². The molecule has 0 radical (unpaired) electrons. The lowest BCUT2D eigenvalue weighted by Gasteiger charge is -2.26. The molecule has 0 spiro atoms. The molecule has 0 saturated heterocycles. The van der Waals surface area contributed by atoms with Gasteiger partial charge in [-0.25, -0.2) is 28.8 Å². The van der Waals surface area contributed by atoms with Gasteiger partial charge in [0.1, 0.15) is 62.7 Å². The van der Waals surface area contributed by atoms with Gasteiger partial charge in [-0.05, 0) is 66.2 Å². The van der Waals surface area contributed by atoms with Crippen LogP contribution in [0.25, 0.3) is 0 Å². The molecule has 0 aromatic rings. The molecule has 0 aromatic carbocycles. The van der Waals surface area contributed by atoms with Crippen molar-refractivity contribution in [2.45, 2.75) is 105 Å². The van der Waals surface area contributed by atoms with Gasteiger partial charge in [-0.2, -0.15) is 26.3 Å². The number of carbonyl (C=O) groups is 8. The molecule has 0 saturated carbocycles. The first kappa shape index (κ1) is 75.8. The lowest BCUT2D eigenvalue weighted by molar-refractivity contribution is -0.460. The Morgan fingerprint density at radius 1 is 0.461 bits per heavy atom. The predicted octanol–water partition coefficient (Wildman–Crippen LogP) is -2.39. The normalized spacial score (nSPS) is 13.0. The first-order valence-electron chi connectivity index (χ1n) is 22.7. The zero-order valence-corrected chi connectivity index (χ0v) is 43.0. The Balaban J connectivity index is -0.000000543. The number of hydrogen-bond acceptors (Lipinski definition) is 20. The van der Waals surface area contributed by atoms with Crippen LogP contribution < -0.4 is 32.9 Å². The average Bonchev–Trinajstić information content (AvgIpc) is 3.32. The maximum absolute atomic E-state index is 12.5. The number of carbonyl (C=O) groups excluding carboxylic acids is 6. The van der Waals surface area contributed by atoms with Crippen LogP contribution in [0.4, 0.5) is 35.9 Å². The zero-order valence-electron chi connectivity index (χ0n) is 43.0. The van der Waals surface area contributed by atoms with Gasteiger partial charge in [0.15, 0.2) is 0 Å². The van der Waals surface area contributed by atoms with Crippen LogP contribution >= 0.6 is 0 Å². The summed E-state index contributed by atoms with van der Waals surface area (Å²) in [5.41, 5.74) is 18.1. The van der Waals surface area contributed by atoms with Crippen molar-refractivity contribution in [2.24, 2.45) is 33.8 Å². The summed E-state index contributed by atoms with van der Waals surface area (Å²) in [6, 6.07) is 0. The Hall–Kier alpha value is -6.68. The Bertz CT molecular complexity index is 1640. The first-order valence-corrected chi connectivity index (χ1v) is 22.7. The number of halogens is 6. The van der Waals surface area contributed by atoms with Gasteiger partial charge in [-0.15, -0.1) is 0 Å². The molecule has 14 N–H and O–H groups in total. The van der Waals surface area contributed by atoms with Gasteiger partial charge in [0.25, 0.3) is 0 Å². The van der Waals surface area contributed by atoms with Crippen molar-refractivity contribution in [2.75, 3.05) is 92.4 Å². The Morgan fingerprint density at radius 2 is 0.750 bits per heavy atom. The van der Waals surface area contributed by atoms with E-state index in [4.69, 9.17) is 90.1 Å². The number of unbranched alkanes of at least 4 members (excludes halogenated alkanes) is 2. The molecule has 28 nitrogen and oxygen atoms in total. The summed E-state index contributed by atoms with van der Waals surface area (Å²) < 4.78 is 114. The minimum atomic E-state index is -5.08. The maximum atomic E-state index is 12.5. The van der Waals surface area contributed by atoms with E-state index in [9.17, 15) is 65.3 Å². The highest BCUT2D eigenvalue weighted by molar-refractivity contribution is 5.80. The second kappa shape index (κ2) is 42.5. The summed E-state index contributed by atoms with van der Waals surface area (Å²) in [5.74, 6) is -8.62. The van der Waals surface area contributed by atoms with E-state index >= 15 is 0 Å². The molecule has 76 heavy (non-hydrogen) atoms. The number of hydrogen-bond donors (Lipinski definition) is 10. The van der Waals surface area contributed by atoms with Gasteiger partial charge >= 0.3 is 72.4 Å². The monoisotopic (exact) mass is 1130 g/mol. The number of esters is 4. The minimum absolute atomic E-state index is 0.00418. The Labute approximate surface area is 432 Å². The Kier molecular flexibility index (Phi) is 42.4. The number of nitrogens with two attached hydrogens (primary N) is 4. The van der Waals surface area contributed by atoms with E-state index < -0.39 is 110 Å². The van der Waals surface area contributed by atoms with E-state index in [1.165, 1.54) is 27.7 Å². The number of aliphatic hydroxyl groups excluding tert-OH is 2. The van der Waals surface area contributed by atoms with Crippen molar-refractivity contribution in [1.82, 2.24) is 0 Å². The molecule has 0 aliphatic carbocycles. The fourth-order valence-electron chi connectivity index (χ4n) is 4.00. The van der Waals surface area contributed by atoms with E-state index in [0.717, 1.165) is 12.8 Å². The summed E-state index contributed by atoms with van der Waals surface area (Å²) in [4.78, 5) is 95.0. The van der Waals surface area contributed by atoms with Gasteiger partial charge in [-0.3, -0.25) is 42.5 Å². The van der Waals surface area contributed by atoms with Crippen molar-refractivity contribution in [3.8, 4) is 0 Å². The molecule has 0 heterocycles. The van der Waals surface area contributed by atoms with Crippen LogP contribution in [-0.4, -0.2) is 197 Å².